The van der Waals surface area contributed by atoms with Gasteiger partial charge in [0.2, 0.25) is 0 Å². The molecule has 0 aromatic heterocycles. The van der Waals surface area contributed by atoms with Gasteiger partial charge in [0.25, 0.3) is 17.7 Å². The van der Waals surface area contributed by atoms with Crippen molar-refractivity contribution in [2.75, 3.05) is 6.54 Å². The SMILES string of the molecule is CC(C)(C)c1ccc(C(=O)NCC(=O)NNC(=O)c2ccccc2Cl)cc1. The normalized spacial score (nSPS) is 10.8. The van der Waals surface area contributed by atoms with Crippen LogP contribution in [0.25, 0.3) is 0 Å². The van der Waals surface area contributed by atoms with Crippen molar-refractivity contribution in [1.82, 2.24) is 16.2 Å². The molecular weight excluding hydrogens is 366 g/mol. The molecule has 0 saturated heterocycles. The second-order valence-electron chi connectivity index (χ2n) is 6.99. The van der Waals surface area contributed by atoms with Crippen LogP contribution in [0.1, 0.15) is 47.1 Å². The zero-order valence-electron chi connectivity index (χ0n) is 15.4. The van der Waals surface area contributed by atoms with Crippen molar-refractivity contribution in [3.05, 3.63) is 70.2 Å². The second kappa shape index (κ2) is 8.68. The summed E-state index contributed by atoms with van der Waals surface area (Å²) in [4.78, 5) is 35.9. The van der Waals surface area contributed by atoms with E-state index in [1.807, 2.05) is 12.1 Å². The van der Waals surface area contributed by atoms with Gasteiger partial charge in [-0.05, 0) is 35.2 Å². The number of hydrogen-bond donors (Lipinski definition) is 3. The Hall–Kier alpha value is -2.86. The molecule has 0 aliphatic heterocycles. The van der Waals surface area contributed by atoms with Gasteiger partial charge in [-0.2, -0.15) is 0 Å². The standard InChI is InChI=1S/C20H22ClN3O3/c1-20(2,3)14-10-8-13(9-11-14)18(26)22-12-17(25)23-24-19(27)15-6-4-5-7-16(15)21/h4-11H,12H2,1-3H3,(H,22,26)(H,23,25)(H,24,27). The van der Waals surface area contributed by atoms with Crippen molar-refractivity contribution < 1.29 is 14.4 Å². The number of amides is 3. The van der Waals surface area contributed by atoms with E-state index in [2.05, 4.69) is 36.9 Å². The topological polar surface area (TPSA) is 87.3 Å². The molecule has 3 amide bonds. The fourth-order valence-corrected chi connectivity index (χ4v) is 2.49. The molecule has 0 radical (unpaired) electrons. The number of carbonyl (C=O) groups is 3. The molecule has 0 spiro atoms. The maximum Gasteiger partial charge on any atom is 0.271 e. The number of hydrazine groups is 1. The summed E-state index contributed by atoms with van der Waals surface area (Å²) in [5.41, 5.74) is 6.28. The summed E-state index contributed by atoms with van der Waals surface area (Å²) in [5, 5.41) is 2.78. The van der Waals surface area contributed by atoms with E-state index >= 15 is 0 Å². The molecule has 0 aliphatic carbocycles. The summed E-state index contributed by atoms with van der Waals surface area (Å²) in [7, 11) is 0. The minimum Gasteiger partial charge on any atom is -0.343 e. The largest absolute Gasteiger partial charge is 0.343 e. The molecule has 0 saturated carbocycles. The lowest BCUT2D eigenvalue weighted by atomic mass is 9.87. The van der Waals surface area contributed by atoms with E-state index in [9.17, 15) is 14.4 Å². The third-order valence-electron chi connectivity index (χ3n) is 3.86. The van der Waals surface area contributed by atoms with Gasteiger partial charge in [0.05, 0.1) is 17.1 Å². The second-order valence-corrected chi connectivity index (χ2v) is 7.40. The highest BCUT2D eigenvalue weighted by atomic mass is 35.5. The van der Waals surface area contributed by atoms with Gasteiger partial charge >= 0.3 is 0 Å². The summed E-state index contributed by atoms with van der Waals surface area (Å²) in [5.74, 6) is -1.48. The van der Waals surface area contributed by atoms with Gasteiger partial charge in [-0.25, -0.2) is 0 Å². The van der Waals surface area contributed by atoms with Crippen molar-refractivity contribution >= 4 is 29.3 Å². The van der Waals surface area contributed by atoms with Crippen LogP contribution in [0.5, 0.6) is 0 Å². The van der Waals surface area contributed by atoms with Crippen molar-refractivity contribution in [3.63, 3.8) is 0 Å². The van der Waals surface area contributed by atoms with Crippen LogP contribution >= 0.6 is 11.6 Å². The van der Waals surface area contributed by atoms with Crippen molar-refractivity contribution in [2.45, 2.75) is 26.2 Å². The molecule has 0 atom stereocenters. The van der Waals surface area contributed by atoms with Gasteiger partial charge in [-0.3, -0.25) is 25.2 Å². The molecule has 0 bridgehead atoms. The lowest BCUT2D eigenvalue weighted by Crippen LogP contribution is -2.46. The Bertz CT molecular complexity index is 842. The predicted octanol–water partition coefficient (Wildman–Crippen LogP) is 2.83. The smallest absolute Gasteiger partial charge is 0.271 e. The van der Waals surface area contributed by atoms with E-state index in [1.165, 1.54) is 6.07 Å². The highest BCUT2D eigenvalue weighted by molar-refractivity contribution is 6.33. The molecule has 27 heavy (non-hydrogen) atoms. The third kappa shape index (κ3) is 5.82. The summed E-state index contributed by atoms with van der Waals surface area (Å²) in [6, 6.07) is 13.7. The molecule has 0 aliphatic rings. The predicted molar refractivity (Wildman–Crippen MR) is 105 cm³/mol. The summed E-state index contributed by atoms with van der Waals surface area (Å²) in [6.07, 6.45) is 0. The van der Waals surface area contributed by atoms with Crippen LogP contribution < -0.4 is 16.2 Å². The number of rotatable bonds is 4. The zero-order chi connectivity index (χ0) is 20.0. The van der Waals surface area contributed by atoms with Crippen molar-refractivity contribution in [2.24, 2.45) is 0 Å². The Balaban J connectivity index is 1.82. The lowest BCUT2D eigenvalue weighted by molar-refractivity contribution is -0.120. The van der Waals surface area contributed by atoms with Gasteiger partial charge < -0.3 is 5.32 Å². The van der Waals surface area contributed by atoms with Crippen LogP contribution in [0, 0.1) is 0 Å². The van der Waals surface area contributed by atoms with Gasteiger partial charge in [-0.1, -0.05) is 56.6 Å². The quantitative estimate of drug-likeness (QED) is 0.705. The van der Waals surface area contributed by atoms with E-state index in [0.717, 1.165) is 5.56 Å². The van der Waals surface area contributed by atoms with Gasteiger partial charge in [-0.15, -0.1) is 0 Å². The maximum absolute atomic E-state index is 12.1. The van der Waals surface area contributed by atoms with Crippen LogP contribution in [-0.4, -0.2) is 24.3 Å². The molecule has 2 aromatic rings. The number of halogens is 1. The molecule has 142 valence electrons. The molecule has 6 nitrogen and oxygen atoms in total. The summed E-state index contributed by atoms with van der Waals surface area (Å²) >= 11 is 5.91. The molecule has 3 N–H and O–H groups in total. The van der Waals surface area contributed by atoms with Gasteiger partial charge in [0, 0.05) is 5.56 Å². The first-order valence-corrected chi connectivity index (χ1v) is 8.79. The molecule has 0 fully saturated rings. The fraction of sp³-hybridized carbons (Fsp3) is 0.250. The van der Waals surface area contributed by atoms with Crippen molar-refractivity contribution in [1.29, 1.82) is 0 Å². The Labute approximate surface area is 163 Å². The number of benzene rings is 2. The van der Waals surface area contributed by atoms with Crippen LogP contribution in [0.15, 0.2) is 48.5 Å². The van der Waals surface area contributed by atoms with Gasteiger partial charge in [0.1, 0.15) is 0 Å². The van der Waals surface area contributed by atoms with Crippen LogP contribution in [0.2, 0.25) is 5.02 Å². The molecular formula is C20H22ClN3O3. The molecule has 2 rings (SSSR count). The Morgan fingerprint density at radius 3 is 2.11 bits per heavy atom. The first kappa shape index (κ1) is 20.5. The minimum atomic E-state index is -0.560. The van der Waals surface area contributed by atoms with Crippen molar-refractivity contribution in [3.8, 4) is 0 Å². The Kier molecular flexibility index (Phi) is 6.58. The number of carbonyl (C=O) groups excluding carboxylic acids is 3. The number of hydrogen-bond acceptors (Lipinski definition) is 3. The number of nitrogens with one attached hydrogen (secondary N) is 3. The average molecular weight is 388 g/mol. The molecule has 7 heteroatoms. The van der Waals surface area contributed by atoms with Crippen LogP contribution in [0.4, 0.5) is 0 Å². The van der Waals surface area contributed by atoms with E-state index in [4.69, 9.17) is 11.6 Å². The molecule has 0 unspecified atom stereocenters. The maximum atomic E-state index is 12.1. The van der Waals surface area contributed by atoms with E-state index in [0.29, 0.717) is 5.56 Å². The highest BCUT2D eigenvalue weighted by Gasteiger charge is 2.15. The van der Waals surface area contributed by atoms with Crippen LogP contribution in [-0.2, 0) is 10.2 Å². The van der Waals surface area contributed by atoms with E-state index in [1.54, 1.807) is 30.3 Å². The van der Waals surface area contributed by atoms with Gasteiger partial charge in [0.15, 0.2) is 0 Å². The Morgan fingerprint density at radius 2 is 1.52 bits per heavy atom. The first-order valence-electron chi connectivity index (χ1n) is 8.41. The molecule has 2 aromatic carbocycles. The minimum absolute atomic E-state index is 0.00521. The Morgan fingerprint density at radius 1 is 0.889 bits per heavy atom. The third-order valence-corrected chi connectivity index (χ3v) is 4.19. The van der Waals surface area contributed by atoms with E-state index < -0.39 is 11.8 Å². The first-order chi connectivity index (χ1) is 12.7. The lowest BCUT2D eigenvalue weighted by Gasteiger charge is -2.19. The average Bonchev–Trinajstić information content (AvgIpc) is 2.64. The monoisotopic (exact) mass is 387 g/mol. The van der Waals surface area contributed by atoms with Crippen LogP contribution in [0.3, 0.4) is 0 Å². The zero-order valence-corrected chi connectivity index (χ0v) is 16.2. The summed E-state index contributed by atoms with van der Waals surface area (Å²) < 4.78 is 0. The fourth-order valence-electron chi connectivity index (χ4n) is 2.27. The van der Waals surface area contributed by atoms with E-state index in [-0.39, 0.29) is 28.5 Å². The summed E-state index contributed by atoms with van der Waals surface area (Å²) in [6.45, 7) is 5.98. The highest BCUT2D eigenvalue weighted by Crippen LogP contribution is 2.22. The molecule has 0 heterocycles.